The first-order chi connectivity index (χ1) is 6.72. The third-order valence-electron chi connectivity index (χ3n) is 1.69. The summed E-state index contributed by atoms with van der Waals surface area (Å²) in [6.07, 6.45) is 0.818. The number of hydrogen-bond acceptors (Lipinski definition) is 3. The fraction of sp³-hybridized carbons (Fsp3) is 0.333. The molecule has 0 spiro atoms. The maximum absolute atomic E-state index is 10.3. The minimum Gasteiger partial charge on any atom is -0.384 e. The first-order valence-corrected chi connectivity index (χ1v) is 5.12. The zero-order valence-electron chi connectivity index (χ0n) is 7.80. The second-order valence-corrected chi connectivity index (χ2v) is 3.29. The van der Waals surface area contributed by atoms with Crippen molar-refractivity contribution in [3.8, 4) is 5.75 Å². The van der Waals surface area contributed by atoms with Crippen molar-refractivity contribution in [3.63, 3.8) is 0 Å². The molecule has 14 heavy (non-hydrogen) atoms. The van der Waals surface area contributed by atoms with Crippen molar-refractivity contribution in [1.82, 2.24) is 0 Å². The first-order valence-electron chi connectivity index (χ1n) is 4.09. The average Bonchev–Trinajstić information content (AvgIpc) is 2.16. The molecule has 0 aliphatic heterocycles. The van der Waals surface area contributed by atoms with Gasteiger partial charge in [-0.05, 0) is 24.1 Å². The van der Waals surface area contributed by atoms with Crippen LogP contribution in [0, 0.1) is 0 Å². The third kappa shape index (κ3) is 3.87. The van der Waals surface area contributed by atoms with E-state index < -0.39 is 11.4 Å². The summed E-state index contributed by atoms with van der Waals surface area (Å²) in [5.41, 5.74) is 1.10. The van der Waals surface area contributed by atoms with Crippen molar-refractivity contribution in [2.75, 3.05) is 13.7 Å². The highest BCUT2D eigenvalue weighted by molar-refractivity contribution is 7.74. The summed E-state index contributed by atoms with van der Waals surface area (Å²) >= 11 is -2.25. The summed E-state index contributed by atoms with van der Waals surface area (Å²) < 4.78 is 28.2. The van der Waals surface area contributed by atoms with E-state index in [9.17, 15) is 4.21 Å². The lowest BCUT2D eigenvalue weighted by molar-refractivity contribution is 0.202. The van der Waals surface area contributed by atoms with E-state index in [0.717, 1.165) is 12.0 Å². The Bertz CT molecular complexity index is 296. The fourth-order valence-electron chi connectivity index (χ4n) is 1.01. The van der Waals surface area contributed by atoms with Gasteiger partial charge in [0, 0.05) is 7.11 Å². The molecule has 0 aliphatic rings. The number of rotatable bonds is 5. The lowest BCUT2D eigenvalue weighted by atomic mass is 10.1. The predicted octanol–water partition coefficient (Wildman–Crippen LogP) is 1.39. The molecule has 5 heteroatoms. The van der Waals surface area contributed by atoms with E-state index >= 15 is 0 Å². The number of benzene rings is 1. The molecule has 0 saturated heterocycles. The quantitative estimate of drug-likeness (QED) is 0.756. The number of ether oxygens (including phenoxy) is 1. The van der Waals surface area contributed by atoms with Gasteiger partial charge in [-0.15, -0.1) is 0 Å². The van der Waals surface area contributed by atoms with Crippen molar-refractivity contribution in [2.45, 2.75) is 6.42 Å². The van der Waals surface area contributed by atoms with Crippen molar-refractivity contribution in [3.05, 3.63) is 29.8 Å². The lowest BCUT2D eigenvalue weighted by Gasteiger charge is -2.02. The minimum absolute atomic E-state index is 0.381. The third-order valence-corrected chi connectivity index (χ3v) is 2.02. The molecular weight excluding hydrogens is 204 g/mol. The standard InChI is InChI=1S/C9H12O4S/c1-12-7-6-8-2-4-9(5-3-8)13-14(10)11/h2-5H,6-7H2,1H3,(H,10,11). The van der Waals surface area contributed by atoms with Gasteiger partial charge in [-0.1, -0.05) is 12.1 Å². The van der Waals surface area contributed by atoms with E-state index in [4.69, 9.17) is 9.29 Å². The Hall–Kier alpha value is -0.910. The maximum atomic E-state index is 10.3. The summed E-state index contributed by atoms with van der Waals surface area (Å²) in [5.74, 6) is 0.381. The van der Waals surface area contributed by atoms with Crippen LogP contribution in [0.1, 0.15) is 5.56 Å². The smallest absolute Gasteiger partial charge is 0.357 e. The van der Waals surface area contributed by atoms with Gasteiger partial charge in [0.15, 0.2) is 0 Å². The topological polar surface area (TPSA) is 55.8 Å². The van der Waals surface area contributed by atoms with Crippen LogP contribution >= 0.6 is 0 Å². The van der Waals surface area contributed by atoms with Crippen LogP contribution in [0.2, 0.25) is 0 Å². The minimum atomic E-state index is -2.25. The summed E-state index contributed by atoms with van der Waals surface area (Å²) in [4.78, 5) is 0. The van der Waals surface area contributed by atoms with Crippen LogP contribution in [0.5, 0.6) is 5.75 Å². The van der Waals surface area contributed by atoms with Crippen LogP contribution < -0.4 is 4.18 Å². The molecule has 0 aromatic heterocycles. The SMILES string of the molecule is COCCc1ccc(OS(=O)O)cc1. The molecule has 0 radical (unpaired) electrons. The van der Waals surface area contributed by atoms with Gasteiger partial charge in [0.2, 0.25) is 0 Å². The van der Waals surface area contributed by atoms with Gasteiger partial charge in [0.25, 0.3) is 0 Å². The zero-order chi connectivity index (χ0) is 10.4. The molecule has 1 aromatic carbocycles. The summed E-state index contributed by atoms with van der Waals surface area (Å²) in [7, 11) is 1.65. The van der Waals surface area contributed by atoms with Crippen molar-refractivity contribution >= 4 is 11.4 Å². The van der Waals surface area contributed by atoms with Gasteiger partial charge in [0.05, 0.1) is 6.61 Å². The molecule has 1 N–H and O–H groups in total. The van der Waals surface area contributed by atoms with Crippen LogP contribution in [-0.4, -0.2) is 22.5 Å². The van der Waals surface area contributed by atoms with Gasteiger partial charge < -0.3 is 8.92 Å². The fourth-order valence-corrected chi connectivity index (χ4v) is 1.29. The number of methoxy groups -OCH3 is 1. The molecular formula is C9H12O4S. The Kier molecular flexibility index (Phi) is 4.58. The van der Waals surface area contributed by atoms with Crippen molar-refractivity contribution < 1.29 is 17.7 Å². The van der Waals surface area contributed by atoms with E-state index in [0.29, 0.717) is 12.4 Å². The molecule has 0 amide bonds. The second-order valence-electron chi connectivity index (χ2n) is 2.69. The predicted molar refractivity (Wildman–Crippen MR) is 53.4 cm³/mol. The summed E-state index contributed by atoms with van der Waals surface area (Å²) in [5, 5.41) is 0. The molecule has 0 bridgehead atoms. The van der Waals surface area contributed by atoms with Gasteiger partial charge >= 0.3 is 11.4 Å². The van der Waals surface area contributed by atoms with Crippen LogP contribution in [0.25, 0.3) is 0 Å². The Morgan fingerprint density at radius 2 is 2.00 bits per heavy atom. The molecule has 4 nitrogen and oxygen atoms in total. The lowest BCUT2D eigenvalue weighted by Crippen LogP contribution is -1.98. The van der Waals surface area contributed by atoms with Gasteiger partial charge in [0.1, 0.15) is 5.75 Å². The molecule has 1 rings (SSSR count). The summed E-state index contributed by atoms with van der Waals surface area (Å²) in [6.45, 7) is 0.659. The first kappa shape index (κ1) is 11.2. The largest absolute Gasteiger partial charge is 0.384 e. The van der Waals surface area contributed by atoms with E-state index in [-0.39, 0.29) is 0 Å². The number of hydrogen-bond donors (Lipinski definition) is 1. The molecule has 0 fully saturated rings. The second kappa shape index (κ2) is 5.74. The molecule has 1 unspecified atom stereocenters. The van der Waals surface area contributed by atoms with E-state index in [1.165, 1.54) is 0 Å². The highest BCUT2D eigenvalue weighted by Gasteiger charge is 1.98. The highest BCUT2D eigenvalue weighted by Crippen LogP contribution is 2.13. The van der Waals surface area contributed by atoms with E-state index in [1.54, 1.807) is 19.2 Å². The monoisotopic (exact) mass is 216 g/mol. The van der Waals surface area contributed by atoms with Crippen LogP contribution in [0.4, 0.5) is 0 Å². The molecule has 1 aromatic rings. The Morgan fingerprint density at radius 3 is 2.50 bits per heavy atom. The average molecular weight is 216 g/mol. The van der Waals surface area contributed by atoms with Crippen molar-refractivity contribution in [2.24, 2.45) is 0 Å². The van der Waals surface area contributed by atoms with Crippen LogP contribution in [0.3, 0.4) is 0 Å². The Labute approximate surface area is 85.3 Å². The van der Waals surface area contributed by atoms with Crippen LogP contribution in [-0.2, 0) is 22.5 Å². The molecule has 1 atom stereocenters. The summed E-state index contributed by atoms with van der Waals surface area (Å²) in [6, 6.07) is 6.97. The van der Waals surface area contributed by atoms with Gasteiger partial charge in [-0.25, -0.2) is 0 Å². The Balaban J connectivity index is 2.54. The van der Waals surface area contributed by atoms with E-state index in [2.05, 4.69) is 4.18 Å². The molecule has 0 aliphatic carbocycles. The van der Waals surface area contributed by atoms with Crippen LogP contribution in [0.15, 0.2) is 24.3 Å². The van der Waals surface area contributed by atoms with E-state index in [1.807, 2.05) is 12.1 Å². The molecule has 0 heterocycles. The van der Waals surface area contributed by atoms with Gasteiger partial charge in [-0.2, -0.15) is 4.21 Å². The molecule has 78 valence electrons. The van der Waals surface area contributed by atoms with Gasteiger partial charge in [-0.3, -0.25) is 4.55 Å². The Morgan fingerprint density at radius 1 is 1.36 bits per heavy atom. The maximum Gasteiger partial charge on any atom is 0.357 e. The molecule has 0 saturated carbocycles. The van der Waals surface area contributed by atoms with Crippen molar-refractivity contribution in [1.29, 1.82) is 0 Å². The normalized spacial score (nSPS) is 12.4. The highest BCUT2D eigenvalue weighted by atomic mass is 32.2. The zero-order valence-corrected chi connectivity index (χ0v) is 8.62.